The average molecular weight is 270 g/mol. The van der Waals surface area contributed by atoms with Crippen LogP contribution in [-0.2, 0) is 22.7 Å². The summed E-state index contributed by atoms with van der Waals surface area (Å²) in [4.78, 5) is 16.0. The van der Waals surface area contributed by atoms with Gasteiger partial charge in [-0.25, -0.2) is 4.98 Å². The quantitative estimate of drug-likeness (QED) is 0.784. The van der Waals surface area contributed by atoms with Crippen molar-refractivity contribution in [2.24, 2.45) is 11.8 Å². The number of carbonyl (C=O) groups excluding carboxylic acids is 1. The summed E-state index contributed by atoms with van der Waals surface area (Å²) in [5, 5.41) is 0. The van der Waals surface area contributed by atoms with E-state index in [1.165, 1.54) is 5.56 Å². The molecule has 0 amide bonds. The van der Waals surface area contributed by atoms with Crippen molar-refractivity contribution < 1.29 is 9.53 Å². The third-order valence-corrected chi connectivity index (χ3v) is 3.75. The molecular formula is C16H18N2O2. The predicted molar refractivity (Wildman–Crippen MR) is 74.8 cm³/mol. The van der Waals surface area contributed by atoms with E-state index in [1.54, 1.807) is 6.20 Å². The van der Waals surface area contributed by atoms with Gasteiger partial charge in [0.15, 0.2) is 0 Å². The first-order valence-electron chi connectivity index (χ1n) is 6.94. The van der Waals surface area contributed by atoms with Crippen LogP contribution in [0.15, 0.2) is 42.7 Å². The number of imidazole rings is 1. The van der Waals surface area contributed by atoms with Gasteiger partial charge in [0.25, 0.3) is 0 Å². The molecule has 0 saturated heterocycles. The van der Waals surface area contributed by atoms with Crippen molar-refractivity contribution in [1.82, 2.24) is 9.55 Å². The van der Waals surface area contributed by atoms with Crippen molar-refractivity contribution in [3.63, 3.8) is 0 Å². The number of esters is 1. The first-order valence-corrected chi connectivity index (χ1v) is 6.94. The average Bonchev–Trinajstić information content (AvgIpc) is 3.03. The van der Waals surface area contributed by atoms with E-state index < -0.39 is 0 Å². The molecule has 2 atom stereocenters. The minimum atomic E-state index is -0.0910. The SMILES string of the molecule is C[C@@H]1C[C@H]1C(=O)OCc1nccn1Cc1ccccc1. The van der Waals surface area contributed by atoms with Gasteiger partial charge in [0.1, 0.15) is 12.4 Å². The lowest BCUT2D eigenvalue weighted by Gasteiger charge is -2.08. The highest BCUT2D eigenvalue weighted by Gasteiger charge is 2.40. The van der Waals surface area contributed by atoms with Gasteiger partial charge >= 0.3 is 5.97 Å². The molecule has 0 spiro atoms. The highest BCUT2D eigenvalue weighted by Crippen LogP contribution is 2.38. The number of ether oxygens (including phenoxy) is 1. The van der Waals surface area contributed by atoms with E-state index in [0.29, 0.717) is 5.92 Å². The Bertz CT molecular complexity index is 592. The van der Waals surface area contributed by atoms with Gasteiger partial charge in [-0.1, -0.05) is 37.3 Å². The van der Waals surface area contributed by atoms with Crippen LogP contribution in [0.25, 0.3) is 0 Å². The largest absolute Gasteiger partial charge is 0.457 e. The molecule has 20 heavy (non-hydrogen) atoms. The van der Waals surface area contributed by atoms with Crippen molar-refractivity contribution in [1.29, 1.82) is 0 Å². The van der Waals surface area contributed by atoms with Crippen molar-refractivity contribution >= 4 is 5.97 Å². The van der Waals surface area contributed by atoms with Gasteiger partial charge in [-0.2, -0.15) is 0 Å². The molecule has 2 aromatic rings. The Morgan fingerprint density at radius 3 is 2.85 bits per heavy atom. The molecule has 4 nitrogen and oxygen atoms in total. The Balaban J connectivity index is 1.60. The van der Waals surface area contributed by atoms with Crippen LogP contribution < -0.4 is 0 Å². The maximum Gasteiger partial charge on any atom is 0.309 e. The molecular weight excluding hydrogens is 252 g/mol. The summed E-state index contributed by atoms with van der Waals surface area (Å²) in [5.41, 5.74) is 1.20. The minimum absolute atomic E-state index is 0.0910. The van der Waals surface area contributed by atoms with Crippen LogP contribution in [-0.4, -0.2) is 15.5 Å². The number of benzene rings is 1. The van der Waals surface area contributed by atoms with Gasteiger partial charge in [0.05, 0.1) is 5.92 Å². The smallest absolute Gasteiger partial charge is 0.309 e. The molecule has 1 aromatic carbocycles. The lowest BCUT2D eigenvalue weighted by molar-refractivity contribution is -0.147. The zero-order valence-electron chi connectivity index (χ0n) is 11.5. The Morgan fingerprint density at radius 2 is 2.15 bits per heavy atom. The van der Waals surface area contributed by atoms with E-state index in [4.69, 9.17) is 4.74 Å². The van der Waals surface area contributed by atoms with Gasteiger partial charge in [-0.3, -0.25) is 4.79 Å². The normalized spacial score (nSPS) is 20.6. The molecule has 0 N–H and O–H groups in total. The third-order valence-electron chi connectivity index (χ3n) is 3.75. The Labute approximate surface area is 118 Å². The van der Waals surface area contributed by atoms with Crippen LogP contribution in [0.5, 0.6) is 0 Å². The van der Waals surface area contributed by atoms with Gasteiger partial charge in [-0.15, -0.1) is 0 Å². The molecule has 4 heteroatoms. The summed E-state index contributed by atoms with van der Waals surface area (Å²) >= 11 is 0. The Hall–Kier alpha value is -2.10. The van der Waals surface area contributed by atoms with E-state index in [0.717, 1.165) is 18.8 Å². The molecule has 0 aliphatic heterocycles. The lowest BCUT2D eigenvalue weighted by atomic mass is 10.2. The summed E-state index contributed by atoms with van der Waals surface area (Å²) in [6, 6.07) is 10.2. The summed E-state index contributed by atoms with van der Waals surface area (Å²) < 4.78 is 7.35. The van der Waals surface area contributed by atoms with Gasteiger partial charge < -0.3 is 9.30 Å². The van der Waals surface area contributed by atoms with Crippen molar-refractivity contribution in [2.45, 2.75) is 26.5 Å². The molecule has 0 unspecified atom stereocenters. The number of aromatic nitrogens is 2. The van der Waals surface area contributed by atoms with E-state index in [-0.39, 0.29) is 18.5 Å². The van der Waals surface area contributed by atoms with E-state index in [9.17, 15) is 4.79 Å². The van der Waals surface area contributed by atoms with E-state index >= 15 is 0 Å². The van der Waals surface area contributed by atoms with Crippen LogP contribution in [0.1, 0.15) is 24.7 Å². The Morgan fingerprint density at radius 1 is 1.40 bits per heavy atom. The molecule has 1 aromatic heterocycles. The summed E-state index contributed by atoms with van der Waals surface area (Å²) in [6.45, 7) is 3.07. The molecule has 104 valence electrons. The second kappa shape index (κ2) is 5.49. The maximum absolute atomic E-state index is 11.7. The minimum Gasteiger partial charge on any atom is -0.457 e. The summed E-state index contributed by atoms with van der Waals surface area (Å²) in [5.74, 6) is 1.28. The topological polar surface area (TPSA) is 44.1 Å². The summed E-state index contributed by atoms with van der Waals surface area (Å²) in [6.07, 6.45) is 4.61. The number of hydrogen-bond acceptors (Lipinski definition) is 3. The fourth-order valence-corrected chi connectivity index (χ4v) is 2.30. The molecule has 3 rings (SSSR count). The molecule has 0 bridgehead atoms. The zero-order chi connectivity index (χ0) is 13.9. The van der Waals surface area contributed by atoms with Crippen LogP contribution in [0.3, 0.4) is 0 Å². The fourth-order valence-electron chi connectivity index (χ4n) is 2.30. The third kappa shape index (κ3) is 2.90. The van der Waals surface area contributed by atoms with Crippen LogP contribution in [0.2, 0.25) is 0 Å². The van der Waals surface area contributed by atoms with Crippen molar-refractivity contribution in [3.05, 3.63) is 54.1 Å². The number of rotatable bonds is 5. The lowest BCUT2D eigenvalue weighted by Crippen LogP contribution is -2.11. The van der Waals surface area contributed by atoms with Crippen molar-refractivity contribution in [2.75, 3.05) is 0 Å². The van der Waals surface area contributed by atoms with Crippen LogP contribution >= 0.6 is 0 Å². The van der Waals surface area contributed by atoms with Gasteiger partial charge in [0.2, 0.25) is 0 Å². The highest BCUT2D eigenvalue weighted by atomic mass is 16.5. The van der Waals surface area contributed by atoms with E-state index in [1.807, 2.05) is 29.0 Å². The van der Waals surface area contributed by atoms with E-state index in [2.05, 4.69) is 24.0 Å². The Kier molecular flexibility index (Phi) is 3.54. The number of hydrogen-bond donors (Lipinski definition) is 0. The highest BCUT2D eigenvalue weighted by molar-refractivity contribution is 5.75. The second-order valence-electron chi connectivity index (χ2n) is 5.38. The first kappa shape index (κ1) is 12.9. The molecule has 1 saturated carbocycles. The zero-order valence-corrected chi connectivity index (χ0v) is 11.5. The molecule has 0 radical (unpaired) electrons. The number of nitrogens with zero attached hydrogens (tertiary/aromatic N) is 2. The summed E-state index contributed by atoms with van der Waals surface area (Å²) in [7, 11) is 0. The fraction of sp³-hybridized carbons (Fsp3) is 0.375. The number of carbonyl (C=O) groups is 1. The van der Waals surface area contributed by atoms with Crippen molar-refractivity contribution in [3.8, 4) is 0 Å². The molecule has 1 aliphatic carbocycles. The molecule has 1 aliphatic rings. The van der Waals surface area contributed by atoms with Gasteiger partial charge in [0, 0.05) is 18.9 Å². The predicted octanol–water partition coefficient (Wildman–Crippen LogP) is 2.63. The van der Waals surface area contributed by atoms with Crippen LogP contribution in [0, 0.1) is 11.8 Å². The standard InChI is InChI=1S/C16H18N2O2/c1-12-9-14(12)16(19)20-11-15-17-7-8-18(15)10-13-5-3-2-4-6-13/h2-8,12,14H,9-11H2,1H3/t12-,14-/m1/s1. The van der Waals surface area contributed by atoms with Gasteiger partial charge in [-0.05, 0) is 17.9 Å². The van der Waals surface area contributed by atoms with Crippen LogP contribution in [0.4, 0.5) is 0 Å². The first-order chi connectivity index (χ1) is 9.74. The second-order valence-corrected chi connectivity index (χ2v) is 5.38. The molecule has 1 fully saturated rings. The maximum atomic E-state index is 11.7. The monoisotopic (exact) mass is 270 g/mol. The molecule has 1 heterocycles.